The molecule has 39 heavy (non-hydrogen) atoms. The van der Waals surface area contributed by atoms with Crippen molar-refractivity contribution in [1.82, 2.24) is 42.0 Å². The lowest BCUT2D eigenvalue weighted by Gasteiger charge is -2.42. The minimum Gasteiger partial charge on any atom is -0.252 e. The molecule has 0 fully saturated rings. The van der Waals surface area contributed by atoms with Gasteiger partial charge in [-0.2, -0.15) is 0 Å². The maximum absolute atomic E-state index is 5.64. The number of hydrogen-bond donors (Lipinski definition) is 0. The molecule has 0 amide bonds. The maximum Gasteiger partial charge on any atom is 0.171 e. The molecule has 0 N–H and O–H groups in total. The molecule has 0 radical (unpaired) electrons. The molecule has 12 nitrogen and oxygen atoms in total. The zero-order valence-electron chi connectivity index (χ0n) is 27.9. The molecular formula is C24H57N12P3. The first-order valence-electron chi connectivity index (χ1n) is 12.9. The summed E-state index contributed by atoms with van der Waals surface area (Å²) in [4.78, 5) is 0. The number of benzene rings is 1. The van der Waals surface area contributed by atoms with E-state index in [-0.39, 0.29) is 0 Å². The van der Waals surface area contributed by atoms with Crippen LogP contribution >= 0.6 is 22.5 Å². The average molecular weight is 607 g/mol. The van der Waals surface area contributed by atoms with Gasteiger partial charge in [0.05, 0.1) is 11.4 Å². The highest BCUT2D eigenvalue weighted by atomic mass is 31.2. The van der Waals surface area contributed by atoms with Gasteiger partial charge in [-0.25, -0.2) is 14.2 Å². The van der Waals surface area contributed by atoms with Gasteiger partial charge in [0.1, 0.15) is 5.69 Å². The number of nitrogens with zero attached hydrogens (tertiary/aromatic N) is 12. The molecule has 0 heterocycles. The molecule has 15 heteroatoms. The van der Waals surface area contributed by atoms with Crippen LogP contribution in [0.3, 0.4) is 0 Å². The molecule has 1 aromatic rings. The number of rotatable bonds is 12. The molecule has 0 aromatic heterocycles. The molecule has 0 bridgehead atoms. The van der Waals surface area contributed by atoms with Crippen LogP contribution in [0.5, 0.6) is 0 Å². The lowest BCUT2D eigenvalue weighted by atomic mass is 10.2. The highest BCUT2D eigenvalue weighted by Gasteiger charge is 2.34. The van der Waals surface area contributed by atoms with Crippen LogP contribution in [0.4, 0.5) is 17.1 Å². The van der Waals surface area contributed by atoms with Crippen molar-refractivity contribution in [2.75, 3.05) is 127 Å². The van der Waals surface area contributed by atoms with Crippen molar-refractivity contribution in [3.8, 4) is 0 Å². The molecular weight excluding hydrogens is 549 g/mol. The van der Waals surface area contributed by atoms with Crippen LogP contribution in [-0.4, -0.2) is 169 Å². The molecule has 0 aliphatic rings. The summed E-state index contributed by atoms with van der Waals surface area (Å²) >= 11 is 0. The number of hydrogen-bond acceptors (Lipinski definition) is 3. The summed E-state index contributed by atoms with van der Waals surface area (Å²) in [6.07, 6.45) is 0. The smallest absolute Gasteiger partial charge is 0.171 e. The van der Waals surface area contributed by atoms with Crippen LogP contribution in [0.1, 0.15) is 0 Å². The Bertz CT molecular complexity index is 974. The van der Waals surface area contributed by atoms with Crippen LogP contribution in [0.2, 0.25) is 0 Å². The van der Waals surface area contributed by atoms with E-state index in [1.54, 1.807) is 0 Å². The van der Waals surface area contributed by atoms with Gasteiger partial charge in [-0.05, 0) is 139 Å². The van der Waals surface area contributed by atoms with E-state index in [9.17, 15) is 0 Å². The largest absolute Gasteiger partial charge is 0.252 e. The lowest BCUT2D eigenvalue weighted by Crippen LogP contribution is -2.31. The first-order chi connectivity index (χ1) is 17.8. The Labute approximate surface area is 240 Å². The maximum atomic E-state index is 5.64. The Hall–Kier alpha value is -0.450. The fourth-order valence-corrected chi connectivity index (χ4v) is 14.7. The lowest BCUT2D eigenvalue weighted by molar-refractivity contribution is 0.473. The topological polar surface area (TPSA) is 66.2 Å². The van der Waals surface area contributed by atoms with Crippen molar-refractivity contribution in [3.63, 3.8) is 0 Å². The zero-order valence-corrected chi connectivity index (χ0v) is 30.6. The quantitative estimate of drug-likeness (QED) is 0.288. The van der Waals surface area contributed by atoms with Gasteiger partial charge in [0, 0.05) is 0 Å². The molecule has 0 unspecified atom stereocenters. The monoisotopic (exact) mass is 606 g/mol. The molecule has 0 saturated carbocycles. The van der Waals surface area contributed by atoms with Crippen LogP contribution < -0.4 is 0 Å². The molecule has 1 aromatic carbocycles. The third-order valence-corrected chi connectivity index (χ3v) is 17.6. The zero-order chi connectivity index (χ0) is 30.7. The van der Waals surface area contributed by atoms with Gasteiger partial charge in [0.25, 0.3) is 0 Å². The standard InChI is InChI=1S/C24H57N12P3/c1-28(2)37(29(3)4,30(5)6)25-22-20-19-21-23(26-38(31(7)8,32(9)10)33(11)12)24(22)27-39(34(13)14,35(15)16)36(17)18/h19-21H,1-18H3. The van der Waals surface area contributed by atoms with E-state index in [2.05, 4.69) is 187 Å². The summed E-state index contributed by atoms with van der Waals surface area (Å²) in [6.45, 7) is 0. The van der Waals surface area contributed by atoms with Crippen molar-refractivity contribution in [2.24, 2.45) is 14.2 Å². The fourth-order valence-electron chi connectivity index (χ4n) is 5.23. The minimum atomic E-state index is -2.31. The van der Waals surface area contributed by atoms with Gasteiger partial charge in [-0.1, -0.05) is 6.07 Å². The van der Waals surface area contributed by atoms with E-state index in [0.717, 1.165) is 17.1 Å². The Kier molecular flexibility index (Phi) is 13.3. The third-order valence-electron chi connectivity index (χ3n) is 6.54. The summed E-state index contributed by atoms with van der Waals surface area (Å²) < 4.78 is 36.8. The molecule has 0 aliphatic heterocycles. The van der Waals surface area contributed by atoms with Gasteiger partial charge < -0.3 is 0 Å². The predicted octanol–water partition coefficient (Wildman–Crippen LogP) is 5.47. The van der Waals surface area contributed by atoms with Crippen LogP contribution in [0, 0.1) is 0 Å². The van der Waals surface area contributed by atoms with Gasteiger partial charge in [-0.15, -0.1) is 0 Å². The fraction of sp³-hybridized carbons (Fsp3) is 0.750. The van der Waals surface area contributed by atoms with E-state index in [0.29, 0.717) is 0 Å². The second-order valence-electron chi connectivity index (χ2n) is 11.2. The first kappa shape index (κ1) is 36.6. The molecule has 228 valence electrons. The molecule has 0 aliphatic carbocycles. The summed E-state index contributed by atoms with van der Waals surface area (Å²) in [5, 5.41) is 0. The van der Waals surface area contributed by atoms with Crippen LogP contribution in [0.25, 0.3) is 0 Å². The highest BCUT2D eigenvalue weighted by Crippen LogP contribution is 2.64. The van der Waals surface area contributed by atoms with E-state index >= 15 is 0 Å². The van der Waals surface area contributed by atoms with Crippen molar-refractivity contribution in [3.05, 3.63) is 18.2 Å². The third kappa shape index (κ3) is 6.96. The van der Waals surface area contributed by atoms with Crippen LogP contribution in [0.15, 0.2) is 32.4 Å². The Morgan fingerprint density at radius 1 is 0.359 bits per heavy atom. The van der Waals surface area contributed by atoms with Gasteiger partial charge in [0.15, 0.2) is 22.5 Å². The van der Waals surface area contributed by atoms with Gasteiger partial charge >= 0.3 is 0 Å². The summed E-state index contributed by atoms with van der Waals surface area (Å²) in [5.74, 6) is 0. The second kappa shape index (κ2) is 14.1. The molecule has 0 atom stereocenters. The Morgan fingerprint density at radius 3 is 0.769 bits per heavy atom. The summed E-state index contributed by atoms with van der Waals surface area (Å²) in [7, 11) is 30.9. The van der Waals surface area contributed by atoms with E-state index in [1.165, 1.54) is 0 Å². The normalized spacial score (nSPS) is 13.9. The Balaban J connectivity index is 4.66. The second-order valence-corrected chi connectivity index (χ2v) is 22.2. The van der Waals surface area contributed by atoms with E-state index in [1.807, 2.05) is 0 Å². The minimum absolute atomic E-state index is 0.812. The predicted molar refractivity (Wildman–Crippen MR) is 177 cm³/mol. The highest BCUT2D eigenvalue weighted by molar-refractivity contribution is 7.60. The van der Waals surface area contributed by atoms with Crippen molar-refractivity contribution in [2.45, 2.75) is 0 Å². The molecule has 0 saturated heterocycles. The SMILES string of the molecule is CN(C)P(=Nc1cccc(N=P(N(C)C)(N(C)C)N(C)C)c1N=P(N(C)C)(N(C)C)N(C)C)(N(C)C)N(C)C. The van der Waals surface area contributed by atoms with E-state index < -0.39 is 22.5 Å². The molecule has 1 rings (SSSR count). The summed E-state index contributed by atoms with van der Waals surface area (Å²) in [5.41, 5.74) is 2.49. The van der Waals surface area contributed by atoms with Crippen LogP contribution in [-0.2, 0) is 0 Å². The first-order valence-corrected chi connectivity index (χ1v) is 17.7. The summed E-state index contributed by atoms with van der Waals surface area (Å²) in [6, 6.07) is 6.23. The van der Waals surface area contributed by atoms with Crippen molar-refractivity contribution < 1.29 is 0 Å². The molecule has 0 spiro atoms. The van der Waals surface area contributed by atoms with Crippen molar-refractivity contribution >= 4 is 39.6 Å². The van der Waals surface area contributed by atoms with Gasteiger partial charge in [-0.3, -0.25) is 42.0 Å². The van der Waals surface area contributed by atoms with E-state index in [4.69, 9.17) is 14.2 Å². The van der Waals surface area contributed by atoms with Gasteiger partial charge in [0.2, 0.25) is 0 Å². The average Bonchev–Trinajstić information content (AvgIpc) is 2.77. The van der Waals surface area contributed by atoms with Crippen molar-refractivity contribution in [1.29, 1.82) is 0 Å². The Morgan fingerprint density at radius 2 is 0.564 bits per heavy atom.